The van der Waals surface area contributed by atoms with Crippen LogP contribution in [0.1, 0.15) is 42.8 Å². The Morgan fingerprint density at radius 2 is 2.12 bits per heavy atom. The highest BCUT2D eigenvalue weighted by molar-refractivity contribution is 5.93. The summed E-state index contributed by atoms with van der Waals surface area (Å²) in [6.45, 7) is 3.02. The van der Waals surface area contributed by atoms with Gasteiger partial charge in [-0.3, -0.25) is 4.79 Å². The Kier molecular flexibility index (Phi) is 7.12. The molecule has 1 fully saturated rings. The molecular weight excluding hydrogens is 344 g/mol. The zero-order valence-electron chi connectivity index (χ0n) is 14.7. The lowest BCUT2D eigenvalue weighted by Crippen LogP contribution is -2.44. The Hall–Kier alpha value is -2.91. The maximum absolute atomic E-state index is 12.2. The van der Waals surface area contributed by atoms with Crippen molar-refractivity contribution < 1.29 is 34.0 Å². The highest BCUT2D eigenvalue weighted by Gasteiger charge is 2.24. The number of hydrogen-bond donors (Lipinski definition) is 2. The topological polar surface area (TPSA) is 112 Å². The van der Waals surface area contributed by atoms with Crippen LogP contribution < -0.4 is 9.88 Å². The normalized spacial score (nSPS) is 15.0. The lowest BCUT2D eigenvalue weighted by atomic mass is 10.1. The molecule has 2 N–H and O–H groups in total. The van der Waals surface area contributed by atoms with Gasteiger partial charge in [-0.05, 0) is 25.3 Å². The number of likely N-dealkylation sites (tertiary alicyclic amines) is 1. The second-order valence-electron chi connectivity index (χ2n) is 5.90. The standard InChI is InChI=1S/C16H23N4O6/c1-13(26-16(22)18-8-3-2-4-9-18)19-10-5-6-14(12-19)15(21)17-7-11-25-20(23)24/h5-6,10,12-13H,2-4,7-9,11H2,1H3,(H-,17,21,23,24)/q+1/p+1. The molecule has 1 aromatic heterocycles. The lowest BCUT2D eigenvalue weighted by molar-refractivity contribution is -0.975. The van der Waals surface area contributed by atoms with Gasteiger partial charge in [0.1, 0.15) is 10.5 Å². The van der Waals surface area contributed by atoms with Crippen molar-refractivity contribution in [2.24, 2.45) is 0 Å². The van der Waals surface area contributed by atoms with Crippen LogP contribution in [0.3, 0.4) is 0 Å². The molecule has 0 radical (unpaired) electrons. The Labute approximate surface area is 150 Å². The SMILES string of the molecule is CC(OC(=O)N1CCCCC1)[n+]1cccc(C(=O)NCCO[N+](=O)O)c1. The van der Waals surface area contributed by atoms with Crippen molar-refractivity contribution in [1.82, 2.24) is 10.2 Å². The number of nitrogens with zero attached hydrogens (tertiary/aromatic N) is 3. The van der Waals surface area contributed by atoms with E-state index in [2.05, 4.69) is 10.2 Å². The van der Waals surface area contributed by atoms with Gasteiger partial charge in [-0.1, -0.05) is 0 Å². The summed E-state index contributed by atoms with van der Waals surface area (Å²) in [6.07, 6.45) is 5.44. The third kappa shape index (κ3) is 5.87. The van der Waals surface area contributed by atoms with E-state index in [1.807, 2.05) is 0 Å². The molecule has 0 spiro atoms. The molecule has 10 heteroatoms. The number of rotatable bonds is 7. The molecule has 1 aliphatic heterocycles. The van der Waals surface area contributed by atoms with Crippen LogP contribution >= 0.6 is 0 Å². The van der Waals surface area contributed by atoms with Crippen LogP contribution in [0, 0.1) is 4.91 Å². The van der Waals surface area contributed by atoms with Gasteiger partial charge in [-0.15, -0.1) is 0 Å². The van der Waals surface area contributed by atoms with Gasteiger partial charge < -0.3 is 15.0 Å². The second-order valence-corrected chi connectivity index (χ2v) is 5.90. The van der Waals surface area contributed by atoms with Crippen LogP contribution in [-0.4, -0.2) is 53.4 Å². The molecule has 26 heavy (non-hydrogen) atoms. The fraction of sp³-hybridized carbons (Fsp3) is 0.562. The molecule has 0 bridgehead atoms. The minimum absolute atomic E-state index is 0.0481. The number of carbonyl (C=O) groups excluding carboxylic acids is 2. The maximum atomic E-state index is 12.2. The molecule has 0 aromatic carbocycles. The smallest absolute Gasteiger partial charge is 0.386 e. The summed E-state index contributed by atoms with van der Waals surface area (Å²) in [7, 11) is 0. The van der Waals surface area contributed by atoms with Crippen molar-refractivity contribution >= 4 is 12.0 Å². The summed E-state index contributed by atoms with van der Waals surface area (Å²) in [5.41, 5.74) is 0.358. The summed E-state index contributed by atoms with van der Waals surface area (Å²) < 4.78 is 7.09. The predicted molar refractivity (Wildman–Crippen MR) is 87.0 cm³/mol. The van der Waals surface area contributed by atoms with Crippen molar-refractivity contribution in [2.75, 3.05) is 26.2 Å². The first-order valence-corrected chi connectivity index (χ1v) is 8.51. The fourth-order valence-electron chi connectivity index (χ4n) is 2.60. The monoisotopic (exact) mass is 368 g/mol. The van der Waals surface area contributed by atoms with E-state index in [4.69, 9.17) is 9.94 Å². The lowest BCUT2D eigenvalue weighted by Gasteiger charge is -2.26. The number of nitrogens with one attached hydrogen (secondary N) is 1. The summed E-state index contributed by atoms with van der Waals surface area (Å²) in [4.78, 5) is 40.4. The van der Waals surface area contributed by atoms with Gasteiger partial charge in [0.25, 0.3) is 5.91 Å². The molecule has 1 unspecified atom stereocenters. The number of aromatic nitrogens is 1. The maximum Gasteiger partial charge on any atom is 0.475 e. The summed E-state index contributed by atoms with van der Waals surface area (Å²) >= 11 is 0. The minimum Gasteiger partial charge on any atom is -0.386 e. The second kappa shape index (κ2) is 9.54. The number of hydrogen-bond acceptors (Lipinski definition) is 5. The van der Waals surface area contributed by atoms with E-state index in [1.165, 1.54) is 0 Å². The van der Waals surface area contributed by atoms with Crippen molar-refractivity contribution in [1.29, 1.82) is 0 Å². The van der Waals surface area contributed by atoms with Gasteiger partial charge in [0, 0.05) is 26.1 Å². The van der Waals surface area contributed by atoms with Crippen LogP contribution in [-0.2, 0) is 9.57 Å². The molecule has 1 saturated heterocycles. The molecule has 2 rings (SSSR count). The first kappa shape index (κ1) is 19.4. The first-order chi connectivity index (χ1) is 12.5. The molecule has 1 atom stereocenters. The van der Waals surface area contributed by atoms with Gasteiger partial charge in [-0.25, -0.2) is 10.0 Å². The van der Waals surface area contributed by atoms with Gasteiger partial charge in [-0.2, -0.15) is 9.40 Å². The predicted octanol–water partition coefficient (Wildman–Crippen LogP) is 0.945. The number of carbonyl (C=O) groups is 2. The number of pyridine rings is 1. The summed E-state index contributed by atoms with van der Waals surface area (Å²) in [5.74, 6) is -0.382. The van der Waals surface area contributed by atoms with Gasteiger partial charge in [0.15, 0.2) is 19.0 Å². The Morgan fingerprint density at radius 3 is 2.81 bits per heavy atom. The molecular formula is C16H24N4O6+2. The number of piperidine rings is 1. The molecule has 1 aromatic rings. The molecule has 1 aliphatic rings. The van der Waals surface area contributed by atoms with E-state index in [1.54, 1.807) is 40.9 Å². The first-order valence-electron chi connectivity index (χ1n) is 8.51. The van der Waals surface area contributed by atoms with Gasteiger partial charge in [0.2, 0.25) is 0 Å². The summed E-state index contributed by atoms with van der Waals surface area (Å²) in [6, 6.07) is 3.28. The zero-order valence-corrected chi connectivity index (χ0v) is 14.7. The van der Waals surface area contributed by atoms with Crippen molar-refractivity contribution in [2.45, 2.75) is 32.4 Å². The highest BCUT2D eigenvalue weighted by Crippen LogP contribution is 2.12. The molecule has 10 nitrogen and oxygen atoms in total. The van der Waals surface area contributed by atoms with Crippen molar-refractivity contribution in [3.8, 4) is 0 Å². The average molecular weight is 368 g/mol. The van der Waals surface area contributed by atoms with Crippen molar-refractivity contribution in [3.63, 3.8) is 0 Å². The summed E-state index contributed by atoms with van der Waals surface area (Å²) in [5, 5.41) is 10.2. The third-order valence-corrected chi connectivity index (χ3v) is 3.98. The molecule has 0 saturated carbocycles. The van der Waals surface area contributed by atoms with Crippen LogP contribution in [0.25, 0.3) is 0 Å². The third-order valence-electron chi connectivity index (χ3n) is 3.98. The average Bonchev–Trinajstić information content (AvgIpc) is 2.65. The highest BCUT2D eigenvalue weighted by atomic mass is 16.9. The molecule has 2 amide bonds. The molecule has 2 heterocycles. The number of ether oxygens (including phenoxy) is 1. The van der Waals surface area contributed by atoms with E-state index in [-0.39, 0.29) is 25.2 Å². The fourth-order valence-corrected chi connectivity index (χ4v) is 2.60. The Bertz CT molecular complexity index is 647. The van der Waals surface area contributed by atoms with E-state index in [0.29, 0.717) is 18.7 Å². The van der Waals surface area contributed by atoms with Crippen LogP contribution in [0.5, 0.6) is 0 Å². The largest absolute Gasteiger partial charge is 0.475 e. The van der Waals surface area contributed by atoms with Gasteiger partial charge >= 0.3 is 17.4 Å². The van der Waals surface area contributed by atoms with Crippen LogP contribution in [0.15, 0.2) is 24.5 Å². The zero-order chi connectivity index (χ0) is 18.9. The Morgan fingerprint density at radius 1 is 1.38 bits per heavy atom. The van der Waals surface area contributed by atoms with Crippen molar-refractivity contribution in [3.05, 3.63) is 35.0 Å². The molecule has 142 valence electrons. The van der Waals surface area contributed by atoms with Gasteiger partial charge in [0.05, 0.1) is 6.54 Å². The van der Waals surface area contributed by atoms with Crippen LogP contribution in [0.2, 0.25) is 0 Å². The minimum atomic E-state index is -0.666. The molecule has 0 aliphatic carbocycles. The van der Waals surface area contributed by atoms with E-state index in [0.717, 1.165) is 19.3 Å². The van der Waals surface area contributed by atoms with E-state index >= 15 is 0 Å². The number of amides is 2. The van der Waals surface area contributed by atoms with E-state index < -0.39 is 11.3 Å². The Balaban J connectivity index is 1.89. The van der Waals surface area contributed by atoms with E-state index in [9.17, 15) is 14.5 Å². The van der Waals surface area contributed by atoms with Crippen LogP contribution in [0.4, 0.5) is 4.79 Å². The quantitative estimate of drug-likeness (QED) is 0.421.